The third kappa shape index (κ3) is 5.72. The van der Waals surface area contributed by atoms with Gasteiger partial charge in [-0.15, -0.1) is 24.5 Å². The normalized spacial score (nSPS) is 11.9. The standard InChI is InChI=1S/C19H12F6N2O2S/c20-18(21,22)15-4-2-1-3-14(15)16(28)27-17-26-10-13(30-17)9-11-5-7-12(8-6-11)29-19(23,24)25/h1-8,10H,9H2,(H,26,27,28). The summed E-state index contributed by atoms with van der Waals surface area (Å²) >= 11 is 1.04. The van der Waals surface area contributed by atoms with Gasteiger partial charge in [0.2, 0.25) is 0 Å². The van der Waals surface area contributed by atoms with Crippen LogP contribution in [-0.2, 0) is 12.6 Å². The third-order valence-corrected chi connectivity index (χ3v) is 4.70. The number of hydrogen-bond donors (Lipinski definition) is 1. The minimum absolute atomic E-state index is 0.101. The average Bonchev–Trinajstić information content (AvgIpc) is 3.08. The van der Waals surface area contributed by atoms with E-state index in [1.807, 2.05) is 0 Å². The quantitative estimate of drug-likeness (QED) is 0.497. The SMILES string of the molecule is O=C(Nc1ncc(Cc2ccc(OC(F)(F)F)cc2)s1)c1ccccc1C(F)(F)F. The molecule has 1 aromatic heterocycles. The van der Waals surface area contributed by atoms with Crippen molar-refractivity contribution >= 4 is 22.4 Å². The Balaban J connectivity index is 1.67. The van der Waals surface area contributed by atoms with Gasteiger partial charge in [0.05, 0.1) is 11.1 Å². The molecular formula is C19H12F6N2O2S. The van der Waals surface area contributed by atoms with Gasteiger partial charge in [-0.1, -0.05) is 24.3 Å². The number of carbonyl (C=O) groups is 1. The van der Waals surface area contributed by atoms with E-state index < -0.39 is 29.6 Å². The fourth-order valence-electron chi connectivity index (χ4n) is 2.55. The number of benzene rings is 2. The Morgan fingerprint density at radius 3 is 2.30 bits per heavy atom. The second-order valence-electron chi connectivity index (χ2n) is 6.00. The molecule has 30 heavy (non-hydrogen) atoms. The van der Waals surface area contributed by atoms with Crippen LogP contribution in [0.15, 0.2) is 54.7 Å². The van der Waals surface area contributed by atoms with Crippen molar-refractivity contribution < 1.29 is 35.9 Å². The summed E-state index contributed by atoms with van der Waals surface area (Å²) in [6.07, 6.45) is -7.73. The van der Waals surface area contributed by atoms with Gasteiger partial charge in [0.25, 0.3) is 5.91 Å². The van der Waals surface area contributed by atoms with Crippen LogP contribution in [0.5, 0.6) is 5.75 Å². The van der Waals surface area contributed by atoms with E-state index >= 15 is 0 Å². The van der Waals surface area contributed by atoms with Crippen molar-refractivity contribution in [2.75, 3.05) is 5.32 Å². The molecule has 4 nitrogen and oxygen atoms in total. The first kappa shape index (κ1) is 21.6. The van der Waals surface area contributed by atoms with Crippen molar-refractivity contribution in [3.8, 4) is 5.75 Å². The van der Waals surface area contributed by atoms with E-state index in [1.54, 1.807) is 0 Å². The number of alkyl halides is 6. The largest absolute Gasteiger partial charge is 0.573 e. The average molecular weight is 446 g/mol. The van der Waals surface area contributed by atoms with Gasteiger partial charge in [0.15, 0.2) is 5.13 Å². The van der Waals surface area contributed by atoms with Gasteiger partial charge in [-0.3, -0.25) is 10.1 Å². The number of nitrogens with one attached hydrogen (secondary N) is 1. The number of amides is 1. The fraction of sp³-hybridized carbons (Fsp3) is 0.158. The van der Waals surface area contributed by atoms with Crippen molar-refractivity contribution in [1.82, 2.24) is 4.98 Å². The fourth-order valence-corrected chi connectivity index (χ4v) is 3.39. The Hall–Kier alpha value is -3.08. The van der Waals surface area contributed by atoms with Crippen LogP contribution in [0.4, 0.5) is 31.5 Å². The molecule has 0 aliphatic carbocycles. The minimum atomic E-state index is -4.78. The second-order valence-corrected chi connectivity index (χ2v) is 7.11. The molecule has 0 aliphatic heterocycles. The van der Waals surface area contributed by atoms with E-state index in [0.29, 0.717) is 16.9 Å². The van der Waals surface area contributed by atoms with Crippen LogP contribution in [0.2, 0.25) is 0 Å². The van der Waals surface area contributed by atoms with Gasteiger partial charge in [0, 0.05) is 17.5 Å². The number of halogens is 6. The van der Waals surface area contributed by atoms with Crippen molar-refractivity contribution in [1.29, 1.82) is 0 Å². The molecule has 0 spiro atoms. The van der Waals surface area contributed by atoms with Crippen LogP contribution in [0.3, 0.4) is 0 Å². The Bertz CT molecular complexity index is 1030. The number of ether oxygens (including phenoxy) is 1. The topological polar surface area (TPSA) is 51.2 Å². The van der Waals surface area contributed by atoms with Crippen molar-refractivity contribution in [2.24, 2.45) is 0 Å². The molecule has 0 unspecified atom stereocenters. The molecule has 1 amide bonds. The summed E-state index contributed by atoms with van der Waals surface area (Å²) < 4.78 is 79.5. The molecule has 0 bridgehead atoms. The molecule has 1 heterocycles. The molecule has 3 rings (SSSR count). The lowest BCUT2D eigenvalue weighted by molar-refractivity contribution is -0.274. The predicted octanol–water partition coefficient (Wildman–Crippen LogP) is 5.90. The summed E-state index contributed by atoms with van der Waals surface area (Å²) in [5.41, 5.74) is -0.920. The second kappa shape index (κ2) is 8.34. The number of nitrogens with zero attached hydrogens (tertiary/aromatic N) is 1. The highest BCUT2D eigenvalue weighted by molar-refractivity contribution is 7.15. The number of thiazole rings is 1. The van der Waals surface area contributed by atoms with Crippen LogP contribution in [0.25, 0.3) is 0 Å². The van der Waals surface area contributed by atoms with E-state index in [1.165, 1.54) is 42.6 Å². The number of anilines is 1. The molecule has 1 N–H and O–H groups in total. The Morgan fingerprint density at radius 1 is 1.00 bits per heavy atom. The highest BCUT2D eigenvalue weighted by atomic mass is 32.1. The van der Waals surface area contributed by atoms with Crippen molar-refractivity contribution in [3.05, 3.63) is 76.3 Å². The molecule has 11 heteroatoms. The van der Waals surface area contributed by atoms with Gasteiger partial charge in [-0.05, 0) is 29.8 Å². The van der Waals surface area contributed by atoms with E-state index in [-0.39, 0.29) is 10.9 Å². The van der Waals surface area contributed by atoms with Crippen LogP contribution >= 0.6 is 11.3 Å². The van der Waals surface area contributed by atoms with Gasteiger partial charge < -0.3 is 4.74 Å². The van der Waals surface area contributed by atoms with Crippen molar-refractivity contribution in [2.45, 2.75) is 19.0 Å². The van der Waals surface area contributed by atoms with Crippen LogP contribution in [0.1, 0.15) is 26.4 Å². The summed E-state index contributed by atoms with van der Waals surface area (Å²) in [4.78, 5) is 16.9. The van der Waals surface area contributed by atoms with E-state index in [4.69, 9.17) is 0 Å². The molecule has 2 aromatic carbocycles. The van der Waals surface area contributed by atoms with E-state index in [0.717, 1.165) is 23.5 Å². The minimum Gasteiger partial charge on any atom is -0.406 e. The molecule has 0 saturated carbocycles. The number of aromatic nitrogens is 1. The highest BCUT2D eigenvalue weighted by Gasteiger charge is 2.35. The van der Waals surface area contributed by atoms with E-state index in [9.17, 15) is 31.1 Å². The Kier molecular flexibility index (Phi) is 6.01. The Labute approximate surface area is 170 Å². The first-order valence-electron chi connectivity index (χ1n) is 8.28. The monoisotopic (exact) mass is 446 g/mol. The lowest BCUT2D eigenvalue weighted by Gasteiger charge is -2.11. The predicted molar refractivity (Wildman–Crippen MR) is 97.4 cm³/mol. The van der Waals surface area contributed by atoms with E-state index in [2.05, 4.69) is 15.0 Å². The summed E-state index contributed by atoms with van der Waals surface area (Å²) in [6, 6.07) is 9.61. The summed E-state index contributed by atoms with van der Waals surface area (Å²) in [7, 11) is 0. The maximum atomic E-state index is 13.0. The first-order valence-corrected chi connectivity index (χ1v) is 9.10. The highest BCUT2D eigenvalue weighted by Crippen LogP contribution is 2.32. The number of hydrogen-bond acceptors (Lipinski definition) is 4. The van der Waals surface area contributed by atoms with Crippen molar-refractivity contribution in [3.63, 3.8) is 0 Å². The zero-order valence-corrected chi connectivity index (χ0v) is 15.7. The summed E-state index contributed by atoms with van der Waals surface area (Å²) in [5.74, 6) is -1.30. The van der Waals surface area contributed by atoms with Gasteiger partial charge in [-0.2, -0.15) is 13.2 Å². The summed E-state index contributed by atoms with van der Waals surface area (Å²) in [6.45, 7) is 0. The molecule has 0 fully saturated rings. The van der Waals surface area contributed by atoms with Crippen LogP contribution < -0.4 is 10.1 Å². The molecule has 0 atom stereocenters. The molecule has 0 saturated heterocycles. The molecule has 158 valence electrons. The molecule has 3 aromatic rings. The number of rotatable bonds is 5. The maximum Gasteiger partial charge on any atom is 0.573 e. The molecule has 0 radical (unpaired) electrons. The zero-order chi connectivity index (χ0) is 21.9. The molecular weight excluding hydrogens is 434 g/mol. The molecule has 0 aliphatic rings. The lowest BCUT2D eigenvalue weighted by atomic mass is 10.1. The third-order valence-electron chi connectivity index (χ3n) is 3.79. The zero-order valence-electron chi connectivity index (χ0n) is 14.8. The van der Waals surface area contributed by atoms with Gasteiger partial charge in [-0.25, -0.2) is 4.98 Å². The number of carbonyl (C=O) groups excluding carboxylic acids is 1. The first-order chi connectivity index (χ1) is 14.0. The van der Waals surface area contributed by atoms with Gasteiger partial charge in [0.1, 0.15) is 5.75 Å². The smallest absolute Gasteiger partial charge is 0.406 e. The lowest BCUT2D eigenvalue weighted by Crippen LogP contribution is -2.18. The van der Waals surface area contributed by atoms with Crippen LogP contribution in [0, 0.1) is 0 Å². The maximum absolute atomic E-state index is 13.0. The Morgan fingerprint density at radius 2 is 1.67 bits per heavy atom. The van der Waals surface area contributed by atoms with Gasteiger partial charge >= 0.3 is 12.5 Å². The van der Waals surface area contributed by atoms with Crippen LogP contribution in [-0.4, -0.2) is 17.3 Å². The summed E-state index contributed by atoms with van der Waals surface area (Å²) in [5, 5.41) is 2.44.